The van der Waals surface area contributed by atoms with Crippen LogP contribution in [0.5, 0.6) is 0 Å². The van der Waals surface area contributed by atoms with Gasteiger partial charge in [0, 0.05) is 55.9 Å². The molecule has 0 spiro atoms. The minimum absolute atomic E-state index is 0.146. The smallest absolute Gasteiger partial charge is 0.294 e. The maximum absolute atomic E-state index is 12.6. The fourth-order valence-corrected chi connectivity index (χ4v) is 2.57. The molecule has 0 bridgehead atoms. The number of carbonyl (C=O) groups excluding carboxylic acids is 1. The summed E-state index contributed by atoms with van der Waals surface area (Å²) in [6.07, 6.45) is 6.94. The van der Waals surface area contributed by atoms with E-state index >= 15 is 0 Å². The van der Waals surface area contributed by atoms with E-state index in [2.05, 4.69) is 9.97 Å². The van der Waals surface area contributed by atoms with Crippen molar-refractivity contribution in [2.45, 2.75) is 6.42 Å². The predicted octanol–water partition coefficient (Wildman–Crippen LogP) is 2.49. The van der Waals surface area contributed by atoms with E-state index in [1.807, 2.05) is 18.2 Å². The second kappa shape index (κ2) is 7.56. The van der Waals surface area contributed by atoms with Gasteiger partial charge in [-0.2, -0.15) is 0 Å². The maximum atomic E-state index is 12.6. The first-order chi connectivity index (χ1) is 12.6. The van der Waals surface area contributed by atoms with Crippen molar-refractivity contribution in [2.24, 2.45) is 0 Å². The number of rotatable bonds is 6. The van der Waals surface area contributed by atoms with E-state index in [0.717, 1.165) is 5.69 Å². The van der Waals surface area contributed by atoms with Crippen molar-refractivity contribution in [3.05, 3.63) is 82.7 Å². The van der Waals surface area contributed by atoms with Crippen LogP contribution in [-0.2, 0) is 6.42 Å². The molecule has 8 nitrogen and oxygen atoms in total. The average Bonchev–Trinajstić information content (AvgIpc) is 3.20. The first-order valence-corrected chi connectivity index (χ1v) is 7.98. The molecule has 0 saturated heterocycles. The lowest BCUT2D eigenvalue weighted by Crippen LogP contribution is -2.29. The summed E-state index contributed by atoms with van der Waals surface area (Å²) < 4.78 is 1.54. The SMILES string of the molecule is CN(CCc1ccccn1)C(=O)c1ccc(-n2ccnc2)c([N+](=O)[O-])c1. The summed E-state index contributed by atoms with van der Waals surface area (Å²) >= 11 is 0. The van der Waals surface area contributed by atoms with Gasteiger partial charge in [-0.25, -0.2) is 4.98 Å². The van der Waals surface area contributed by atoms with Gasteiger partial charge in [-0.15, -0.1) is 0 Å². The first kappa shape index (κ1) is 17.3. The highest BCUT2D eigenvalue weighted by atomic mass is 16.6. The van der Waals surface area contributed by atoms with Crippen molar-refractivity contribution in [2.75, 3.05) is 13.6 Å². The van der Waals surface area contributed by atoms with Crippen molar-refractivity contribution < 1.29 is 9.72 Å². The van der Waals surface area contributed by atoms with E-state index in [1.54, 1.807) is 31.6 Å². The van der Waals surface area contributed by atoms with Gasteiger partial charge in [-0.1, -0.05) is 6.07 Å². The van der Waals surface area contributed by atoms with Crippen LogP contribution in [0.15, 0.2) is 61.3 Å². The number of pyridine rings is 1. The summed E-state index contributed by atoms with van der Waals surface area (Å²) in [5, 5.41) is 11.4. The molecular weight excluding hydrogens is 334 g/mol. The number of nitro benzene ring substituents is 1. The lowest BCUT2D eigenvalue weighted by molar-refractivity contribution is -0.384. The quantitative estimate of drug-likeness (QED) is 0.502. The Morgan fingerprint density at radius 1 is 1.27 bits per heavy atom. The molecule has 8 heteroatoms. The van der Waals surface area contributed by atoms with Crippen LogP contribution in [0.4, 0.5) is 5.69 Å². The number of hydrogen-bond acceptors (Lipinski definition) is 5. The lowest BCUT2D eigenvalue weighted by atomic mass is 10.1. The van der Waals surface area contributed by atoms with Gasteiger partial charge in [0.15, 0.2) is 0 Å². The third-order valence-corrected chi connectivity index (χ3v) is 3.98. The van der Waals surface area contributed by atoms with Crippen molar-refractivity contribution in [1.82, 2.24) is 19.4 Å². The molecule has 0 atom stereocenters. The van der Waals surface area contributed by atoms with Crippen molar-refractivity contribution >= 4 is 11.6 Å². The third kappa shape index (κ3) is 3.75. The van der Waals surface area contributed by atoms with Crippen LogP contribution in [0.2, 0.25) is 0 Å². The second-order valence-electron chi connectivity index (χ2n) is 5.73. The molecule has 0 aliphatic carbocycles. The average molecular weight is 351 g/mol. The van der Waals surface area contributed by atoms with Gasteiger partial charge in [0.25, 0.3) is 11.6 Å². The number of likely N-dealkylation sites (N-methyl/N-ethyl adjacent to an activating group) is 1. The largest absolute Gasteiger partial charge is 0.341 e. The highest BCUT2D eigenvalue weighted by molar-refractivity contribution is 5.95. The number of carbonyl (C=O) groups is 1. The molecule has 0 radical (unpaired) electrons. The summed E-state index contributed by atoms with van der Waals surface area (Å²) in [7, 11) is 1.67. The Hall–Kier alpha value is -3.55. The molecule has 3 rings (SSSR count). The topological polar surface area (TPSA) is 94.2 Å². The normalized spacial score (nSPS) is 10.5. The van der Waals surface area contributed by atoms with Gasteiger partial charge in [0.1, 0.15) is 5.69 Å². The third-order valence-electron chi connectivity index (χ3n) is 3.98. The highest BCUT2D eigenvalue weighted by Crippen LogP contribution is 2.24. The van der Waals surface area contributed by atoms with Gasteiger partial charge in [-0.3, -0.25) is 19.9 Å². The number of hydrogen-bond donors (Lipinski definition) is 0. The molecule has 0 fully saturated rings. The minimum atomic E-state index is -0.500. The zero-order chi connectivity index (χ0) is 18.5. The molecule has 1 amide bonds. The van der Waals surface area contributed by atoms with E-state index in [1.165, 1.54) is 28.1 Å². The van der Waals surface area contributed by atoms with Crippen LogP contribution in [0.1, 0.15) is 16.1 Å². The number of imidazole rings is 1. The summed E-state index contributed by atoms with van der Waals surface area (Å²) in [6, 6.07) is 10.1. The number of nitro groups is 1. The standard InChI is InChI=1S/C18H17N5O3/c1-21(10-7-15-4-2-3-8-20-15)18(24)14-5-6-16(17(12-14)23(25)26)22-11-9-19-13-22/h2-6,8-9,11-13H,7,10H2,1H3. The van der Waals surface area contributed by atoms with Gasteiger partial charge < -0.3 is 9.47 Å². The van der Waals surface area contributed by atoms with Crippen LogP contribution in [-0.4, -0.2) is 43.9 Å². The minimum Gasteiger partial charge on any atom is -0.341 e. The van der Waals surface area contributed by atoms with E-state index in [9.17, 15) is 14.9 Å². The predicted molar refractivity (Wildman–Crippen MR) is 95.1 cm³/mol. The molecule has 26 heavy (non-hydrogen) atoms. The van der Waals surface area contributed by atoms with E-state index in [4.69, 9.17) is 0 Å². The number of aromatic nitrogens is 3. The lowest BCUT2D eigenvalue weighted by Gasteiger charge is -2.17. The molecule has 2 aromatic heterocycles. The zero-order valence-corrected chi connectivity index (χ0v) is 14.1. The maximum Gasteiger partial charge on any atom is 0.294 e. The van der Waals surface area contributed by atoms with E-state index < -0.39 is 4.92 Å². The summed E-state index contributed by atoms with van der Waals surface area (Å²) in [5.41, 5.74) is 1.37. The summed E-state index contributed by atoms with van der Waals surface area (Å²) in [4.78, 5) is 33.2. The molecule has 0 aliphatic rings. The first-order valence-electron chi connectivity index (χ1n) is 7.98. The molecular formula is C18H17N5O3. The van der Waals surface area contributed by atoms with Crippen LogP contribution in [0.3, 0.4) is 0 Å². The van der Waals surface area contributed by atoms with E-state index in [0.29, 0.717) is 18.7 Å². The number of amides is 1. The van der Waals surface area contributed by atoms with Crippen molar-refractivity contribution in [3.63, 3.8) is 0 Å². The Kier molecular flexibility index (Phi) is 5.02. The Morgan fingerprint density at radius 3 is 2.77 bits per heavy atom. The van der Waals surface area contributed by atoms with Gasteiger partial charge in [0.05, 0.1) is 11.3 Å². The van der Waals surface area contributed by atoms with Crippen LogP contribution in [0.25, 0.3) is 5.69 Å². The Bertz CT molecular complexity index is 910. The zero-order valence-electron chi connectivity index (χ0n) is 14.1. The van der Waals surface area contributed by atoms with Gasteiger partial charge in [0.2, 0.25) is 0 Å². The summed E-state index contributed by atoms with van der Waals surface area (Å²) in [6.45, 7) is 0.465. The molecule has 0 N–H and O–H groups in total. The molecule has 0 saturated carbocycles. The van der Waals surface area contributed by atoms with Crippen LogP contribution < -0.4 is 0 Å². The molecule has 2 heterocycles. The molecule has 3 aromatic rings. The fraction of sp³-hybridized carbons (Fsp3) is 0.167. The van der Waals surface area contributed by atoms with Crippen LogP contribution in [0, 0.1) is 10.1 Å². The molecule has 0 aliphatic heterocycles. The molecule has 132 valence electrons. The second-order valence-corrected chi connectivity index (χ2v) is 5.73. The van der Waals surface area contributed by atoms with Crippen LogP contribution >= 0.6 is 0 Å². The Labute approximate surface area is 149 Å². The summed E-state index contributed by atoms with van der Waals surface area (Å²) in [5.74, 6) is -0.277. The highest BCUT2D eigenvalue weighted by Gasteiger charge is 2.20. The fourth-order valence-electron chi connectivity index (χ4n) is 2.57. The monoisotopic (exact) mass is 351 g/mol. The Balaban J connectivity index is 1.78. The van der Waals surface area contributed by atoms with Crippen molar-refractivity contribution in [1.29, 1.82) is 0 Å². The molecule has 0 unspecified atom stereocenters. The van der Waals surface area contributed by atoms with E-state index in [-0.39, 0.29) is 17.2 Å². The number of nitrogens with zero attached hydrogens (tertiary/aromatic N) is 5. The van der Waals surface area contributed by atoms with Crippen molar-refractivity contribution in [3.8, 4) is 5.69 Å². The Morgan fingerprint density at radius 2 is 2.12 bits per heavy atom. The number of benzene rings is 1. The molecule has 1 aromatic carbocycles. The van der Waals surface area contributed by atoms with Gasteiger partial charge >= 0.3 is 0 Å². The van der Waals surface area contributed by atoms with Gasteiger partial charge in [-0.05, 0) is 24.3 Å².